The standard InChI is InChI=1S/C13H17N3O3S/c1-5-19-11(17)7-15(3)12(18)10-6-9-8(2)14-16(4)13(9)20-10/h6H,5,7H2,1-4H3. The van der Waals surface area contributed by atoms with E-state index in [1.807, 2.05) is 20.0 Å². The van der Waals surface area contributed by atoms with E-state index in [1.54, 1.807) is 18.7 Å². The van der Waals surface area contributed by atoms with Gasteiger partial charge in [0, 0.05) is 19.5 Å². The number of nitrogens with zero attached hydrogens (tertiary/aromatic N) is 3. The van der Waals surface area contributed by atoms with Gasteiger partial charge in [0.25, 0.3) is 5.91 Å². The van der Waals surface area contributed by atoms with Crippen molar-refractivity contribution >= 4 is 33.4 Å². The zero-order valence-corrected chi connectivity index (χ0v) is 12.8. The van der Waals surface area contributed by atoms with Gasteiger partial charge in [-0.05, 0) is 19.9 Å². The molecular weight excluding hydrogens is 278 g/mol. The lowest BCUT2D eigenvalue weighted by Crippen LogP contribution is -2.32. The van der Waals surface area contributed by atoms with E-state index in [9.17, 15) is 9.59 Å². The predicted molar refractivity (Wildman–Crippen MR) is 76.9 cm³/mol. The summed E-state index contributed by atoms with van der Waals surface area (Å²) < 4.78 is 6.60. The molecule has 2 aromatic heterocycles. The van der Waals surface area contributed by atoms with E-state index < -0.39 is 5.97 Å². The minimum atomic E-state index is -0.401. The van der Waals surface area contributed by atoms with E-state index in [2.05, 4.69) is 5.10 Å². The lowest BCUT2D eigenvalue weighted by Gasteiger charge is -2.14. The molecule has 0 unspecified atom stereocenters. The lowest BCUT2D eigenvalue weighted by atomic mass is 10.3. The van der Waals surface area contributed by atoms with E-state index >= 15 is 0 Å². The predicted octanol–water partition coefficient (Wildman–Crippen LogP) is 1.58. The zero-order chi connectivity index (χ0) is 14.9. The first-order valence-corrected chi connectivity index (χ1v) is 7.10. The molecule has 0 saturated carbocycles. The van der Waals surface area contributed by atoms with E-state index in [0.29, 0.717) is 11.5 Å². The average molecular weight is 295 g/mol. The molecule has 0 N–H and O–H groups in total. The van der Waals surface area contributed by atoms with Gasteiger partial charge >= 0.3 is 5.97 Å². The first-order chi connectivity index (χ1) is 9.43. The molecule has 0 spiro atoms. The highest BCUT2D eigenvalue weighted by Gasteiger charge is 2.20. The Morgan fingerprint density at radius 1 is 1.50 bits per heavy atom. The molecule has 0 fully saturated rings. The number of likely N-dealkylation sites (N-methyl/N-ethyl adjacent to an activating group) is 1. The van der Waals surface area contributed by atoms with Crippen LogP contribution in [0.3, 0.4) is 0 Å². The summed E-state index contributed by atoms with van der Waals surface area (Å²) in [5.74, 6) is -0.582. The number of hydrogen-bond donors (Lipinski definition) is 0. The van der Waals surface area contributed by atoms with Gasteiger partial charge < -0.3 is 9.64 Å². The van der Waals surface area contributed by atoms with Crippen molar-refractivity contribution in [3.8, 4) is 0 Å². The number of carbonyl (C=O) groups is 2. The molecule has 7 heteroatoms. The van der Waals surface area contributed by atoms with Crippen molar-refractivity contribution in [3.05, 3.63) is 16.6 Å². The normalized spacial score (nSPS) is 10.8. The Hall–Kier alpha value is -1.89. The van der Waals surface area contributed by atoms with Crippen molar-refractivity contribution in [3.63, 3.8) is 0 Å². The highest BCUT2D eigenvalue weighted by Crippen LogP contribution is 2.28. The number of carbonyl (C=O) groups excluding carboxylic acids is 2. The smallest absolute Gasteiger partial charge is 0.325 e. The van der Waals surface area contributed by atoms with Gasteiger partial charge in [0.1, 0.15) is 11.4 Å². The molecule has 20 heavy (non-hydrogen) atoms. The van der Waals surface area contributed by atoms with Gasteiger partial charge in [0.15, 0.2) is 0 Å². The van der Waals surface area contributed by atoms with Crippen molar-refractivity contribution < 1.29 is 14.3 Å². The quantitative estimate of drug-likeness (QED) is 0.803. The number of amides is 1. The molecule has 0 bridgehead atoms. The van der Waals surface area contributed by atoms with Crippen LogP contribution in [0, 0.1) is 6.92 Å². The molecule has 0 aliphatic carbocycles. The number of fused-ring (bicyclic) bond motifs is 1. The minimum absolute atomic E-state index is 0.0435. The first-order valence-electron chi connectivity index (χ1n) is 6.28. The summed E-state index contributed by atoms with van der Waals surface area (Å²) in [6, 6.07) is 1.83. The van der Waals surface area contributed by atoms with Gasteiger partial charge in [-0.3, -0.25) is 14.3 Å². The summed E-state index contributed by atoms with van der Waals surface area (Å²) >= 11 is 1.38. The fourth-order valence-electron chi connectivity index (χ4n) is 1.97. The summed E-state index contributed by atoms with van der Waals surface area (Å²) in [6.45, 7) is 3.92. The maximum absolute atomic E-state index is 12.3. The van der Waals surface area contributed by atoms with Crippen LogP contribution in [0.25, 0.3) is 10.2 Å². The second-order valence-corrected chi connectivity index (χ2v) is 5.54. The molecule has 6 nitrogen and oxygen atoms in total. The van der Waals surface area contributed by atoms with Crippen LogP contribution >= 0.6 is 11.3 Å². The van der Waals surface area contributed by atoms with Crippen molar-refractivity contribution in [2.24, 2.45) is 7.05 Å². The highest BCUT2D eigenvalue weighted by atomic mass is 32.1. The van der Waals surface area contributed by atoms with Crippen LogP contribution in [-0.4, -0.2) is 46.8 Å². The highest BCUT2D eigenvalue weighted by molar-refractivity contribution is 7.20. The Kier molecular flexibility index (Phi) is 4.08. The second kappa shape index (κ2) is 5.62. The van der Waals surface area contributed by atoms with Crippen LogP contribution in [0.5, 0.6) is 0 Å². The van der Waals surface area contributed by atoms with Gasteiger partial charge in [0.05, 0.1) is 17.2 Å². The fraction of sp³-hybridized carbons (Fsp3) is 0.462. The maximum Gasteiger partial charge on any atom is 0.325 e. The van der Waals surface area contributed by atoms with Crippen molar-refractivity contribution in [2.45, 2.75) is 13.8 Å². The van der Waals surface area contributed by atoms with Crippen molar-refractivity contribution in [1.82, 2.24) is 14.7 Å². The third-order valence-electron chi connectivity index (χ3n) is 2.93. The molecule has 1 amide bonds. The number of aryl methyl sites for hydroxylation is 2. The van der Waals surface area contributed by atoms with Gasteiger partial charge in [-0.2, -0.15) is 5.10 Å². The molecule has 0 aliphatic heterocycles. The van der Waals surface area contributed by atoms with E-state index in [-0.39, 0.29) is 12.5 Å². The lowest BCUT2D eigenvalue weighted by molar-refractivity contribution is -0.143. The monoisotopic (exact) mass is 295 g/mol. The van der Waals surface area contributed by atoms with Gasteiger partial charge in [-0.25, -0.2) is 0 Å². The number of rotatable bonds is 4. The summed E-state index contributed by atoms with van der Waals surface area (Å²) in [5.41, 5.74) is 0.894. The molecule has 2 rings (SSSR count). The van der Waals surface area contributed by atoms with Crippen LogP contribution in [0.1, 0.15) is 22.3 Å². The Bertz CT molecular complexity index is 625. The summed E-state index contributed by atoms with van der Waals surface area (Å²) in [6.07, 6.45) is 0. The van der Waals surface area contributed by atoms with Crippen molar-refractivity contribution in [2.75, 3.05) is 20.2 Å². The van der Waals surface area contributed by atoms with Crippen molar-refractivity contribution in [1.29, 1.82) is 0 Å². The molecule has 0 atom stereocenters. The molecule has 108 valence electrons. The van der Waals surface area contributed by atoms with E-state index in [1.165, 1.54) is 16.2 Å². The van der Waals surface area contributed by atoms with Gasteiger partial charge in [-0.15, -0.1) is 11.3 Å². The molecule has 0 aliphatic rings. The molecular formula is C13H17N3O3S. The number of ether oxygens (including phenoxy) is 1. The van der Waals surface area contributed by atoms with Gasteiger partial charge in [-0.1, -0.05) is 0 Å². The average Bonchev–Trinajstić information content (AvgIpc) is 2.91. The summed E-state index contributed by atoms with van der Waals surface area (Å²) in [7, 11) is 3.44. The summed E-state index contributed by atoms with van der Waals surface area (Å²) in [4.78, 5) is 26.6. The Labute approximate surface area is 120 Å². The number of hydrogen-bond acceptors (Lipinski definition) is 5. The van der Waals surface area contributed by atoms with Crippen LogP contribution in [-0.2, 0) is 16.6 Å². The Morgan fingerprint density at radius 2 is 2.20 bits per heavy atom. The zero-order valence-electron chi connectivity index (χ0n) is 12.0. The molecule has 2 aromatic rings. The first kappa shape index (κ1) is 14.5. The van der Waals surface area contributed by atoms with E-state index in [4.69, 9.17) is 4.74 Å². The summed E-state index contributed by atoms with van der Waals surface area (Å²) in [5, 5.41) is 5.27. The third-order valence-corrected chi connectivity index (χ3v) is 4.12. The Balaban J connectivity index is 2.18. The molecule has 0 radical (unpaired) electrons. The number of thiophene rings is 1. The molecule has 2 heterocycles. The van der Waals surface area contributed by atoms with Crippen LogP contribution in [0.2, 0.25) is 0 Å². The van der Waals surface area contributed by atoms with Crippen LogP contribution < -0.4 is 0 Å². The largest absolute Gasteiger partial charge is 0.465 e. The maximum atomic E-state index is 12.3. The topological polar surface area (TPSA) is 64.4 Å². The fourth-order valence-corrected chi connectivity index (χ4v) is 3.09. The van der Waals surface area contributed by atoms with Gasteiger partial charge in [0.2, 0.25) is 0 Å². The van der Waals surface area contributed by atoms with Crippen LogP contribution in [0.4, 0.5) is 0 Å². The third kappa shape index (κ3) is 2.67. The molecule has 0 saturated heterocycles. The minimum Gasteiger partial charge on any atom is -0.465 e. The molecule has 0 aromatic carbocycles. The second-order valence-electron chi connectivity index (χ2n) is 4.50. The number of esters is 1. The number of aromatic nitrogens is 2. The SMILES string of the molecule is CCOC(=O)CN(C)C(=O)c1cc2c(C)nn(C)c2s1. The van der Waals surface area contributed by atoms with Crippen LogP contribution in [0.15, 0.2) is 6.07 Å². The van der Waals surface area contributed by atoms with E-state index in [0.717, 1.165) is 15.9 Å². The Morgan fingerprint density at radius 3 is 2.80 bits per heavy atom.